The molecular weight excluding hydrogens is 288 g/mol. The molecule has 0 atom stereocenters. The number of benzene rings is 1. The molecule has 0 saturated carbocycles. The van der Waals surface area contributed by atoms with Gasteiger partial charge in [0.25, 0.3) is 0 Å². The van der Waals surface area contributed by atoms with Gasteiger partial charge in [0.2, 0.25) is 0 Å². The molecule has 0 spiro atoms. The van der Waals surface area contributed by atoms with Crippen molar-refractivity contribution in [2.24, 2.45) is 0 Å². The third kappa shape index (κ3) is 1.25. The highest BCUT2D eigenvalue weighted by Gasteiger charge is 2.23. The van der Waals surface area contributed by atoms with Crippen molar-refractivity contribution in [3.05, 3.63) is 57.8 Å². The zero-order valence-electron chi connectivity index (χ0n) is 9.94. The predicted octanol–water partition coefficient (Wildman–Crippen LogP) is 3.98. The molecule has 2 aromatic heterocycles. The summed E-state index contributed by atoms with van der Waals surface area (Å²) in [5.74, 6) is 0. The summed E-state index contributed by atoms with van der Waals surface area (Å²) in [4.78, 5) is 4.78. The van der Waals surface area contributed by atoms with Gasteiger partial charge in [-0.05, 0) is 40.0 Å². The minimum atomic E-state index is 0.974. The highest BCUT2D eigenvalue weighted by molar-refractivity contribution is 9.10. The van der Waals surface area contributed by atoms with E-state index in [0.717, 1.165) is 22.2 Å². The summed E-state index contributed by atoms with van der Waals surface area (Å²) < 4.78 is 3.33. The van der Waals surface area contributed by atoms with Crippen molar-refractivity contribution < 1.29 is 0 Å². The van der Waals surface area contributed by atoms with Gasteiger partial charge >= 0.3 is 0 Å². The van der Waals surface area contributed by atoms with Gasteiger partial charge in [0, 0.05) is 22.7 Å². The van der Waals surface area contributed by atoms with Crippen LogP contribution in [0.3, 0.4) is 0 Å². The van der Waals surface area contributed by atoms with E-state index < -0.39 is 0 Å². The summed E-state index contributed by atoms with van der Waals surface area (Å²) in [5.41, 5.74) is 7.36. The molecule has 0 aliphatic heterocycles. The number of imidazole rings is 1. The van der Waals surface area contributed by atoms with Gasteiger partial charge in [-0.15, -0.1) is 0 Å². The maximum Gasteiger partial charge on any atom is 0.138 e. The molecule has 3 aromatic rings. The Balaban J connectivity index is 2.08. The largest absolute Gasteiger partial charge is 0.302 e. The second-order valence-corrected chi connectivity index (χ2v) is 5.63. The molecule has 0 bridgehead atoms. The third-order valence-electron chi connectivity index (χ3n) is 3.63. The molecule has 88 valence electrons. The smallest absolute Gasteiger partial charge is 0.138 e. The van der Waals surface area contributed by atoms with Crippen LogP contribution in [0.5, 0.6) is 0 Å². The van der Waals surface area contributed by atoms with E-state index in [1.165, 1.54) is 22.4 Å². The Kier molecular flexibility index (Phi) is 1.98. The summed E-state index contributed by atoms with van der Waals surface area (Å²) >= 11 is 3.60. The standard InChI is InChI=1S/C15H11BrN2/c1-9-6-14-17-15-11-5-3-2-4-10(11)7-13(15)18(14)8-12(9)16/h2-6,8H,7H2,1H3. The Morgan fingerprint density at radius 2 is 2.11 bits per heavy atom. The fourth-order valence-corrected chi connectivity index (χ4v) is 3.00. The van der Waals surface area contributed by atoms with Crippen LogP contribution in [-0.4, -0.2) is 9.38 Å². The molecule has 1 aliphatic carbocycles. The zero-order chi connectivity index (χ0) is 12.3. The molecular formula is C15H11BrN2. The first-order chi connectivity index (χ1) is 8.74. The van der Waals surface area contributed by atoms with Crippen molar-refractivity contribution in [3.63, 3.8) is 0 Å². The van der Waals surface area contributed by atoms with Crippen molar-refractivity contribution >= 4 is 21.6 Å². The van der Waals surface area contributed by atoms with Gasteiger partial charge < -0.3 is 4.40 Å². The van der Waals surface area contributed by atoms with Gasteiger partial charge in [0.15, 0.2) is 0 Å². The Bertz CT molecular complexity index is 787. The average molecular weight is 299 g/mol. The van der Waals surface area contributed by atoms with Gasteiger partial charge in [-0.1, -0.05) is 24.3 Å². The molecule has 0 fully saturated rings. The van der Waals surface area contributed by atoms with Crippen LogP contribution < -0.4 is 0 Å². The van der Waals surface area contributed by atoms with Gasteiger partial charge in [0.1, 0.15) is 5.65 Å². The van der Waals surface area contributed by atoms with Crippen molar-refractivity contribution in [1.82, 2.24) is 9.38 Å². The lowest BCUT2D eigenvalue weighted by Gasteiger charge is -2.02. The first-order valence-electron chi connectivity index (χ1n) is 5.99. The second kappa shape index (κ2) is 3.45. The normalized spacial score (nSPS) is 12.8. The number of rotatable bonds is 0. The van der Waals surface area contributed by atoms with Gasteiger partial charge in [-0.3, -0.25) is 0 Å². The van der Waals surface area contributed by atoms with Gasteiger partial charge in [-0.25, -0.2) is 4.98 Å². The number of halogens is 1. The topological polar surface area (TPSA) is 17.3 Å². The molecule has 0 amide bonds. The zero-order valence-corrected chi connectivity index (χ0v) is 11.5. The number of nitrogens with zero attached hydrogens (tertiary/aromatic N) is 2. The first-order valence-corrected chi connectivity index (χ1v) is 6.79. The first kappa shape index (κ1) is 10.3. The van der Waals surface area contributed by atoms with Gasteiger partial charge in [0.05, 0.1) is 11.4 Å². The van der Waals surface area contributed by atoms with Crippen LogP contribution in [0, 0.1) is 6.92 Å². The van der Waals surface area contributed by atoms with E-state index in [4.69, 9.17) is 4.98 Å². The number of aromatic nitrogens is 2. The highest BCUT2D eigenvalue weighted by atomic mass is 79.9. The maximum atomic E-state index is 4.78. The van der Waals surface area contributed by atoms with Crippen LogP contribution in [0.4, 0.5) is 0 Å². The molecule has 18 heavy (non-hydrogen) atoms. The Morgan fingerprint density at radius 1 is 1.28 bits per heavy atom. The molecule has 4 rings (SSSR count). The SMILES string of the molecule is Cc1cc2nc3c(n2cc1Br)Cc1ccccc1-3. The van der Waals surface area contributed by atoms with Crippen molar-refractivity contribution in [2.75, 3.05) is 0 Å². The van der Waals surface area contributed by atoms with Crippen LogP contribution in [-0.2, 0) is 6.42 Å². The summed E-state index contributed by atoms with van der Waals surface area (Å²) in [6.45, 7) is 2.10. The molecule has 0 saturated heterocycles. The molecule has 2 nitrogen and oxygen atoms in total. The third-order valence-corrected chi connectivity index (χ3v) is 4.46. The highest BCUT2D eigenvalue weighted by Crippen LogP contribution is 2.36. The monoisotopic (exact) mass is 298 g/mol. The average Bonchev–Trinajstić information content (AvgIpc) is 2.87. The van der Waals surface area contributed by atoms with Crippen LogP contribution in [0.2, 0.25) is 0 Å². The van der Waals surface area contributed by atoms with Crippen molar-refractivity contribution in [3.8, 4) is 11.3 Å². The number of hydrogen-bond acceptors (Lipinski definition) is 1. The quantitative estimate of drug-likeness (QED) is 0.480. The molecule has 0 N–H and O–H groups in total. The summed E-state index contributed by atoms with van der Waals surface area (Å²) in [7, 11) is 0. The predicted molar refractivity (Wildman–Crippen MR) is 75.9 cm³/mol. The van der Waals surface area contributed by atoms with E-state index >= 15 is 0 Å². The summed E-state index contributed by atoms with van der Waals surface area (Å²) in [6.07, 6.45) is 3.10. The van der Waals surface area contributed by atoms with Crippen LogP contribution in [0.15, 0.2) is 41.0 Å². The van der Waals surface area contributed by atoms with E-state index in [1.807, 2.05) is 0 Å². The summed E-state index contributed by atoms with van der Waals surface area (Å²) in [5, 5.41) is 0. The Hall–Kier alpha value is -1.61. The number of hydrogen-bond donors (Lipinski definition) is 0. The molecule has 2 heterocycles. The molecule has 1 aromatic carbocycles. The van der Waals surface area contributed by atoms with E-state index in [1.54, 1.807) is 0 Å². The maximum absolute atomic E-state index is 4.78. The molecule has 1 aliphatic rings. The van der Waals surface area contributed by atoms with Crippen LogP contribution >= 0.6 is 15.9 Å². The number of fused-ring (bicyclic) bond motifs is 5. The lowest BCUT2D eigenvalue weighted by atomic mass is 10.1. The number of pyridine rings is 1. The Labute approximate surface area is 113 Å². The van der Waals surface area contributed by atoms with Gasteiger partial charge in [-0.2, -0.15) is 0 Å². The minimum absolute atomic E-state index is 0.974. The fraction of sp³-hybridized carbons (Fsp3) is 0.133. The van der Waals surface area contributed by atoms with E-state index in [0.29, 0.717) is 0 Å². The summed E-state index contributed by atoms with van der Waals surface area (Å²) in [6, 6.07) is 10.7. The lowest BCUT2D eigenvalue weighted by Crippen LogP contribution is -1.93. The Morgan fingerprint density at radius 3 is 3.00 bits per heavy atom. The van der Waals surface area contributed by atoms with E-state index in [2.05, 4.69) is 63.8 Å². The number of aryl methyl sites for hydroxylation is 1. The van der Waals surface area contributed by atoms with Crippen molar-refractivity contribution in [2.45, 2.75) is 13.3 Å². The lowest BCUT2D eigenvalue weighted by molar-refractivity contribution is 1.04. The second-order valence-electron chi connectivity index (χ2n) is 4.77. The van der Waals surface area contributed by atoms with E-state index in [9.17, 15) is 0 Å². The molecule has 3 heteroatoms. The fourth-order valence-electron chi connectivity index (χ4n) is 2.68. The molecule has 0 radical (unpaired) electrons. The molecule has 0 unspecified atom stereocenters. The van der Waals surface area contributed by atoms with Crippen molar-refractivity contribution in [1.29, 1.82) is 0 Å². The van der Waals surface area contributed by atoms with E-state index in [-0.39, 0.29) is 0 Å². The van der Waals surface area contributed by atoms with Crippen LogP contribution in [0.25, 0.3) is 16.9 Å². The minimum Gasteiger partial charge on any atom is -0.302 e. The van der Waals surface area contributed by atoms with Crippen LogP contribution in [0.1, 0.15) is 16.8 Å².